The molecule has 0 radical (unpaired) electrons. The molecule has 28 heavy (non-hydrogen) atoms. The molecule has 1 aliphatic carbocycles. The van der Waals surface area contributed by atoms with Crippen LogP contribution in [0.15, 0.2) is 22.6 Å². The number of fused-ring (bicyclic) bond motifs is 1. The summed E-state index contributed by atoms with van der Waals surface area (Å²) in [6, 6.07) is 6.31. The second-order valence-corrected chi connectivity index (χ2v) is 8.46. The van der Waals surface area contributed by atoms with Crippen molar-refractivity contribution in [3.63, 3.8) is 0 Å². The maximum Gasteiger partial charge on any atom is 0.223 e. The number of aryl methyl sites for hydroxylation is 2. The molecule has 2 aliphatic rings. The second kappa shape index (κ2) is 8.52. The van der Waals surface area contributed by atoms with E-state index in [0.717, 1.165) is 69.1 Å². The molecule has 2 aromatic rings. The van der Waals surface area contributed by atoms with E-state index in [1.807, 2.05) is 13.0 Å². The third kappa shape index (κ3) is 4.49. The average Bonchev–Trinajstić information content (AvgIpc) is 3.17. The molecule has 0 spiro atoms. The number of nitrogens with zero attached hydrogens (tertiary/aromatic N) is 3. The van der Waals surface area contributed by atoms with Crippen LogP contribution < -0.4 is 5.32 Å². The monoisotopic (exact) mass is 384 g/mol. The van der Waals surface area contributed by atoms with Crippen molar-refractivity contribution >= 4 is 5.91 Å². The predicted octanol–water partition coefficient (Wildman–Crippen LogP) is 3.60. The first-order valence-electron chi connectivity index (χ1n) is 10.7. The first-order chi connectivity index (χ1) is 13.6. The lowest BCUT2D eigenvalue weighted by Gasteiger charge is -2.23. The smallest absolute Gasteiger partial charge is 0.223 e. The van der Waals surface area contributed by atoms with E-state index in [9.17, 15) is 4.79 Å². The highest BCUT2D eigenvalue weighted by Gasteiger charge is 2.25. The van der Waals surface area contributed by atoms with Gasteiger partial charge in [-0.25, -0.2) is 0 Å². The summed E-state index contributed by atoms with van der Waals surface area (Å²) in [6.07, 6.45) is 5.46. The van der Waals surface area contributed by atoms with Crippen molar-refractivity contribution in [3.8, 4) is 0 Å². The Kier molecular flexibility index (Phi) is 5.85. The van der Waals surface area contributed by atoms with Crippen molar-refractivity contribution in [2.75, 3.05) is 13.1 Å². The number of hydrogen-bond acceptors (Lipinski definition) is 4. The van der Waals surface area contributed by atoms with Crippen LogP contribution in [-0.4, -0.2) is 33.7 Å². The molecule has 1 N–H and O–H groups in total. The van der Waals surface area contributed by atoms with Crippen LogP contribution in [0.2, 0.25) is 0 Å². The van der Waals surface area contributed by atoms with Gasteiger partial charge in [0.05, 0.1) is 17.9 Å². The summed E-state index contributed by atoms with van der Waals surface area (Å²) in [5.74, 6) is 2.92. The van der Waals surface area contributed by atoms with Crippen molar-refractivity contribution in [2.24, 2.45) is 5.92 Å². The molecule has 152 valence electrons. The van der Waals surface area contributed by atoms with Gasteiger partial charge in [-0.1, -0.05) is 13.3 Å². The molecule has 1 fully saturated rings. The topological polar surface area (TPSA) is 63.3 Å². The molecule has 0 aromatic carbocycles. The Hall–Kier alpha value is -2.08. The quantitative estimate of drug-likeness (QED) is 0.792. The number of carbonyl (C=O) groups is 1. The van der Waals surface area contributed by atoms with Crippen LogP contribution in [0, 0.1) is 12.8 Å². The van der Waals surface area contributed by atoms with Crippen LogP contribution in [0.1, 0.15) is 67.9 Å². The van der Waals surface area contributed by atoms with Gasteiger partial charge in [-0.05, 0) is 57.4 Å². The number of furan rings is 1. The molecule has 1 atom stereocenters. The standard InChI is InChI=1S/C22H32N4O2/c1-16(21-8-7-17(2)28-21)9-12-25-10-4-11-26-20(15-25)13-19(24-26)14-23-22(27)18-5-3-6-18/h7-8,13,16,18H,3-6,9-12,14-15H2,1-2H3,(H,23,27). The fourth-order valence-electron chi connectivity index (χ4n) is 4.09. The lowest BCUT2D eigenvalue weighted by Crippen LogP contribution is -2.34. The number of carbonyl (C=O) groups excluding carboxylic acids is 1. The molecular weight excluding hydrogens is 352 g/mol. The van der Waals surface area contributed by atoms with E-state index in [0.29, 0.717) is 12.5 Å². The van der Waals surface area contributed by atoms with Gasteiger partial charge in [0.15, 0.2) is 0 Å². The van der Waals surface area contributed by atoms with Gasteiger partial charge in [0.1, 0.15) is 11.5 Å². The SMILES string of the molecule is Cc1ccc(C(C)CCN2CCCn3nc(CNC(=O)C4CCC4)cc3C2)o1. The molecule has 1 saturated carbocycles. The lowest BCUT2D eigenvalue weighted by molar-refractivity contribution is -0.127. The van der Waals surface area contributed by atoms with Crippen molar-refractivity contribution in [2.45, 2.75) is 71.5 Å². The maximum atomic E-state index is 12.1. The third-order valence-electron chi connectivity index (χ3n) is 6.19. The fraction of sp³-hybridized carbons (Fsp3) is 0.636. The zero-order valence-electron chi connectivity index (χ0n) is 17.1. The molecule has 4 rings (SSSR count). The summed E-state index contributed by atoms with van der Waals surface area (Å²) in [4.78, 5) is 14.6. The van der Waals surface area contributed by atoms with Crippen LogP contribution in [0.4, 0.5) is 0 Å². The summed E-state index contributed by atoms with van der Waals surface area (Å²) in [7, 11) is 0. The van der Waals surface area contributed by atoms with Crippen LogP contribution in [0.25, 0.3) is 0 Å². The molecule has 2 aromatic heterocycles. The molecule has 6 heteroatoms. The number of rotatable bonds is 7. The van der Waals surface area contributed by atoms with Gasteiger partial charge in [0.25, 0.3) is 0 Å². The number of aromatic nitrogens is 2. The Balaban J connectivity index is 1.30. The van der Waals surface area contributed by atoms with Gasteiger partial charge in [-0.2, -0.15) is 5.10 Å². The Labute approximate surface area is 167 Å². The van der Waals surface area contributed by atoms with E-state index >= 15 is 0 Å². The minimum absolute atomic E-state index is 0.193. The first kappa shape index (κ1) is 19.2. The van der Waals surface area contributed by atoms with Crippen LogP contribution in [0.5, 0.6) is 0 Å². The highest BCUT2D eigenvalue weighted by Crippen LogP contribution is 2.26. The summed E-state index contributed by atoms with van der Waals surface area (Å²) < 4.78 is 7.91. The minimum Gasteiger partial charge on any atom is -0.466 e. The van der Waals surface area contributed by atoms with Gasteiger partial charge in [0.2, 0.25) is 5.91 Å². The molecule has 1 amide bonds. The normalized spacial score (nSPS) is 18.9. The molecule has 3 heterocycles. The third-order valence-corrected chi connectivity index (χ3v) is 6.19. The first-order valence-corrected chi connectivity index (χ1v) is 10.7. The molecule has 1 unspecified atom stereocenters. The Morgan fingerprint density at radius 3 is 2.89 bits per heavy atom. The average molecular weight is 385 g/mol. The zero-order chi connectivity index (χ0) is 19.5. The molecule has 0 bridgehead atoms. The van der Waals surface area contributed by atoms with Gasteiger partial charge in [-0.3, -0.25) is 14.4 Å². The highest BCUT2D eigenvalue weighted by molar-refractivity contribution is 5.79. The maximum absolute atomic E-state index is 12.1. The minimum atomic E-state index is 0.193. The van der Waals surface area contributed by atoms with Gasteiger partial charge in [0, 0.05) is 31.5 Å². The van der Waals surface area contributed by atoms with E-state index < -0.39 is 0 Å². The highest BCUT2D eigenvalue weighted by atomic mass is 16.3. The van der Waals surface area contributed by atoms with Crippen molar-refractivity contribution in [1.29, 1.82) is 0 Å². The summed E-state index contributed by atoms with van der Waals surface area (Å²) in [6.45, 7) is 8.81. The van der Waals surface area contributed by atoms with Crippen LogP contribution in [0.3, 0.4) is 0 Å². The molecule has 1 aliphatic heterocycles. The molecule has 0 saturated heterocycles. The zero-order valence-corrected chi connectivity index (χ0v) is 17.1. The van der Waals surface area contributed by atoms with Crippen LogP contribution in [-0.2, 0) is 24.4 Å². The van der Waals surface area contributed by atoms with E-state index in [-0.39, 0.29) is 11.8 Å². The van der Waals surface area contributed by atoms with E-state index in [2.05, 4.69) is 34.0 Å². The predicted molar refractivity (Wildman–Crippen MR) is 108 cm³/mol. The fourth-order valence-corrected chi connectivity index (χ4v) is 4.09. The van der Waals surface area contributed by atoms with Crippen molar-refractivity contribution in [1.82, 2.24) is 20.0 Å². The van der Waals surface area contributed by atoms with Crippen LogP contribution >= 0.6 is 0 Å². The Morgan fingerprint density at radius 1 is 1.32 bits per heavy atom. The van der Waals surface area contributed by atoms with E-state index in [4.69, 9.17) is 9.52 Å². The largest absolute Gasteiger partial charge is 0.466 e. The number of hydrogen-bond donors (Lipinski definition) is 1. The number of nitrogens with one attached hydrogen (secondary N) is 1. The van der Waals surface area contributed by atoms with Gasteiger partial charge < -0.3 is 9.73 Å². The number of amides is 1. The van der Waals surface area contributed by atoms with Crippen molar-refractivity contribution in [3.05, 3.63) is 41.1 Å². The van der Waals surface area contributed by atoms with E-state index in [1.165, 1.54) is 12.1 Å². The second-order valence-electron chi connectivity index (χ2n) is 8.46. The van der Waals surface area contributed by atoms with E-state index in [1.54, 1.807) is 0 Å². The molecule has 6 nitrogen and oxygen atoms in total. The summed E-state index contributed by atoms with van der Waals surface area (Å²) in [5, 5.41) is 7.78. The Bertz CT molecular complexity index is 805. The van der Waals surface area contributed by atoms with Crippen molar-refractivity contribution < 1.29 is 9.21 Å². The van der Waals surface area contributed by atoms with Gasteiger partial charge >= 0.3 is 0 Å². The summed E-state index contributed by atoms with van der Waals surface area (Å²) >= 11 is 0. The molecular formula is C22H32N4O2. The summed E-state index contributed by atoms with van der Waals surface area (Å²) in [5.41, 5.74) is 2.23. The van der Waals surface area contributed by atoms with Gasteiger partial charge in [-0.15, -0.1) is 0 Å². The Morgan fingerprint density at radius 2 is 2.18 bits per heavy atom. The lowest BCUT2D eigenvalue weighted by atomic mass is 9.85.